The highest BCUT2D eigenvalue weighted by Gasteiger charge is 2.23. The van der Waals surface area contributed by atoms with Crippen molar-refractivity contribution in [1.82, 2.24) is 15.0 Å². The molecule has 1 aliphatic rings. The number of nitrogens with zero attached hydrogens (tertiary/aromatic N) is 2. The largest absolute Gasteiger partial charge is 0.367 e. The number of aromatic nitrogens is 3. The molecule has 3 aromatic rings. The molecular formula is C17H16N6O2. The van der Waals surface area contributed by atoms with Crippen LogP contribution in [-0.2, 0) is 0 Å². The number of anilines is 3. The molecule has 126 valence electrons. The number of carbonyl (C=O) groups is 1. The van der Waals surface area contributed by atoms with Crippen molar-refractivity contribution in [2.45, 2.75) is 18.9 Å². The van der Waals surface area contributed by atoms with Crippen LogP contribution in [0.15, 0.2) is 41.5 Å². The van der Waals surface area contributed by atoms with Crippen molar-refractivity contribution in [3.63, 3.8) is 0 Å². The average Bonchev–Trinajstić information content (AvgIpc) is 3.39. The lowest BCUT2D eigenvalue weighted by Crippen LogP contribution is -2.13. The molecule has 8 nitrogen and oxygen atoms in total. The number of primary amides is 1. The maximum absolute atomic E-state index is 12.2. The van der Waals surface area contributed by atoms with Crippen LogP contribution in [0.25, 0.3) is 10.8 Å². The van der Waals surface area contributed by atoms with Gasteiger partial charge in [0.15, 0.2) is 0 Å². The Morgan fingerprint density at radius 2 is 2.08 bits per heavy atom. The standard InChI is InChI=1S/C17H16N6O2/c18-15(24)10-4-5-19-12(8-10)22-13-7-9-3-6-20-17(25)14(9)16(23-13)21-11-1-2-11/h3-8,11H,1-2H2,(H2,18,24)(H,20,25)(H2,19,21,22,23). The Labute approximate surface area is 142 Å². The smallest absolute Gasteiger partial charge is 0.259 e. The third-order valence-corrected chi connectivity index (χ3v) is 3.97. The van der Waals surface area contributed by atoms with Crippen LogP contribution in [0.1, 0.15) is 23.2 Å². The van der Waals surface area contributed by atoms with E-state index in [1.54, 1.807) is 24.4 Å². The Balaban J connectivity index is 1.75. The molecule has 0 atom stereocenters. The van der Waals surface area contributed by atoms with Crippen molar-refractivity contribution in [2.24, 2.45) is 5.73 Å². The van der Waals surface area contributed by atoms with Crippen molar-refractivity contribution >= 4 is 34.1 Å². The van der Waals surface area contributed by atoms with Crippen molar-refractivity contribution in [1.29, 1.82) is 0 Å². The monoisotopic (exact) mass is 336 g/mol. The predicted molar refractivity (Wildman–Crippen MR) is 95.0 cm³/mol. The topological polar surface area (TPSA) is 126 Å². The van der Waals surface area contributed by atoms with Gasteiger partial charge in [-0.15, -0.1) is 0 Å². The van der Waals surface area contributed by atoms with Crippen LogP contribution in [0.2, 0.25) is 0 Å². The first-order chi connectivity index (χ1) is 12.1. The number of aromatic amines is 1. The molecule has 0 spiro atoms. The molecule has 8 heteroatoms. The van der Waals surface area contributed by atoms with Gasteiger partial charge in [0.25, 0.3) is 5.56 Å². The summed E-state index contributed by atoms with van der Waals surface area (Å²) in [4.78, 5) is 34.8. The van der Waals surface area contributed by atoms with E-state index in [9.17, 15) is 9.59 Å². The third-order valence-electron chi connectivity index (χ3n) is 3.97. The molecule has 0 radical (unpaired) electrons. The summed E-state index contributed by atoms with van der Waals surface area (Å²) in [5, 5.41) is 7.64. The Kier molecular flexibility index (Phi) is 3.57. The SMILES string of the molecule is NC(=O)c1ccnc(Nc2cc3cc[nH]c(=O)c3c(NC3CC3)n2)c1. The number of hydrogen-bond acceptors (Lipinski definition) is 6. The maximum Gasteiger partial charge on any atom is 0.259 e. The van der Waals surface area contributed by atoms with Crippen LogP contribution < -0.4 is 21.9 Å². The van der Waals surface area contributed by atoms with Gasteiger partial charge >= 0.3 is 0 Å². The minimum absolute atomic E-state index is 0.187. The Morgan fingerprint density at radius 3 is 2.84 bits per heavy atom. The second-order valence-corrected chi connectivity index (χ2v) is 5.96. The van der Waals surface area contributed by atoms with E-state index in [-0.39, 0.29) is 5.56 Å². The number of pyridine rings is 3. The fourth-order valence-electron chi connectivity index (χ4n) is 2.59. The number of H-pyrrole nitrogens is 1. The zero-order valence-corrected chi connectivity index (χ0v) is 13.2. The normalized spacial score (nSPS) is 13.6. The molecule has 1 amide bonds. The zero-order chi connectivity index (χ0) is 17.4. The molecule has 3 heterocycles. The van der Waals surface area contributed by atoms with Gasteiger partial charge < -0.3 is 21.4 Å². The lowest BCUT2D eigenvalue weighted by molar-refractivity contribution is 0.1000. The number of nitrogens with two attached hydrogens (primary N) is 1. The van der Waals surface area contributed by atoms with Crippen molar-refractivity contribution < 1.29 is 4.79 Å². The molecule has 0 unspecified atom stereocenters. The van der Waals surface area contributed by atoms with E-state index in [1.807, 2.05) is 6.07 Å². The summed E-state index contributed by atoms with van der Waals surface area (Å²) in [7, 11) is 0. The van der Waals surface area contributed by atoms with Crippen LogP contribution in [0.5, 0.6) is 0 Å². The third kappa shape index (κ3) is 3.14. The van der Waals surface area contributed by atoms with Crippen molar-refractivity contribution in [3.05, 3.63) is 52.6 Å². The molecule has 0 bridgehead atoms. The first-order valence-electron chi connectivity index (χ1n) is 7.92. The summed E-state index contributed by atoms with van der Waals surface area (Å²) in [6.45, 7) is 0. The van der Waals surface area contributed by atoms with E-state index in [0.29, 0.717) is 34.4 Å². The number of carbonyl (C=O) groups excluding carboxylic acids is 1. The van der Waals surface area contributed by atoms with Crippen LogP contribution in [-0.4, -0.2) is 26.9 Å². The van der Waals surface area contributed by atoms with E-state index < -0.39 is 5.91 Å². The molecule has 0 saturated heterocycles. The molecular weight excluding hydrogens is 320 g/mol. The van der Waals surface area contributed by atoms with Crippen LogP contribution in [0, 0.1) is 0 Å². The highest BCUT2D eigenvalue weighted by molar-refractivity contribution is 5.94. The summed E-state index contributed by atoms with van der Waals surface area (Å²) in [5.74, 6) is 0.982. The van der Waals surface area contributed by atoms with Gasteiger partial charge in [0.2, 0.25) is 5.91 Å². The molecule has 4 rings (SSSR count). The minimum atomic E-state index is -0.528. The molecule has 25 heavy (non-hydrogen) atoms. The summed E-state index contributed by atoms with van der Waals surface area (Å²) in [6, 6.07) is 7.03. The van der Waals surface area contributed by atoms with Gasteiger partial charge in [-0.3, -0.25) is 9.59 Å². The highest BCUT2D eigenvalue weighted by atomic mass is 16.1. The molecule has 0 aliphatic heterocycles. The highest BCUT2D eigenvalue weighted by Crippen LogP contribution is 2.29. The lowest BCUT2D eigenvalue weighted by Gasteiger charge is -2.11. The molecule has 3 aromatic heterocycles. The average molecular weight is 336 g/mol. The Bertz CT molecular complexity index is 1030. The molecule has 1 aliphatic carbocycles. The number of fused-ring (bicyclic) bond motifs is 1. The van der Waals surface area contributed by atoms with Gasteiger partial charge in [0.1, 0.15) is 17.5 Å². The first kappa shape index (κ1) is 15.1. The van der Waals surface area contributed by atoms with Gasteiger partial charge in [-0.1, -0.05) is 0 Å². The van der Waals surface area contributed by atoms with Crippen molar-refractivity contribution in [2.75, 3.05) is 10.6 Å². The van der Waals surface area contributed by atoms with E-state index in [1.165, 1.54) is 6.20 Å². The number of rotatable bonds is 5. The Hall–Kier alpha value is -3.42. The van der Waals surface area contributed by atoms with E-state index in [4.69, 9.17) is 5.73 Å². The Morgan fingerprint density at radius 1 is 1.24 bits per heavy atom. The zero-order valence-electron chi connectivity index (χ0n) is 13.2. The predicted octanol–water partition coefficient (Wildman–Crippen LogP) is 1.73. The van der Waals surface area contributed by atoms with Gasteiger partial charge in [-0.25, -0.2) is 9.97 Å². The van der Waals surface area contributed by atoms with E-state index >= 15 is 0 Å². The quantitative estimate of drug-likeness (QED) is 0.562. The van der Waals surface area contributed by atoms with Crippen LogP contribution >= 0.6 is 0 Å². The number of amides is 1. The molecule has 1 fully saturated rings. The summed E-state index contributed by atoms with van der Waals surface area (Å²) in [6.07, 6.45) is 5.22. The number of nitrogens with one attached hydrogen (secondary N) is 3. The fourth-order valence-corrected chi connectivity index (χ4v) is 2.59. The summed E-state index contributed by atoms with van der Waals surface area (Å²) >= 11 is 0. The summed E-state index contributed by atoms with van der Waals surface area (Å²) in [5.41, 5.74) is 5.46. The van der Waals surface area contributed by atoms with Gasteiger partial charge in [0.05, 0.1) is 5.39 Å². The summed E-state index contributed by atoms with van der Waals surface area (Å²) < 4.78 is 0. The van der Waals surface area contributed by atoms with Gasteiger partial charge in [-0.05, 0) is 42.5 Å². The fraction of sp³-hybridized carbons (Fsp3) is 0.176. The van der Waals surface area contributed by atoms with Gasteiger partial charge in [-0.2, -0.15) is 0 Å². The first-order valence-corrected chi connectivity index (χ1v) is 7.92. The minimum Gasteiger partial charge on any atom is -0.367 e. The molecule has 0 aromatic carbocycles. The molecule has 1 saturated carbocycles. The van der Waals surface area contributed by atoms with Gasteiger partial charge in [0, 0.05) is 24.0 Å². The van der Waals surface area contributed by atoms with Crippen LogP contribution in [0.4, 0.5) is 17.5 Å². The lowest BCUT2D eigenvalue weighted by atomic mass is 10.2. The number of hydrogen-bond donors (Lipinski definition) is 4. The van der Waals surface area contributed by atoms with E-state index in [2.05, 4.69) is 25.6 Å². The second kappa shape index (κ2) is 5.90. The van der Waals surface area contributed by atoms with Crippen LogP contribution in [0.3, 0.4) is 0 Å². The second-order valence-electron chi connectivity index (χ2n) is 5.96. The van der Waals surface area contributed by atoms with Crippen molar-refractivity contribution in [3.8, 4) is 0 Å². The van der Waals surface area contributed by atoms with E-state index in [0.717, 1.165) is 18.2 Å². The maximum atomic E-state index is 12.2. The molecule has 5 N–H and O–H groups in total.